The summed E-state index contributed by atoms with van der Waals surface area (Å²) in [6.07, 6.45) is 2.54. The minimum absolute atomic E-state index is 0.519. The van der Waals surface area contributed by atoms with Gasteiger partial charge in [-0.3, -0.25) is 0 Å². The van der Waals surface area contributed by atoms with Crippen LogP contribution < -0.4 is 5.32 Å². The first kappa shape index (κ1) is 10.7. The topological polar surface area (TPSA) is 12.0 Å². The van der Waals surface area contributed by atoms with Crippen molar-refractivity contribution in [2.45, 2.75) is 33.6 Å². The van der Waals surface area contributed by atoms with Crippen LogP contribution in [0.5, 0.6) is 0 Å². The zero-order valence-electron chi connectivity index (χ0n) is 7.21. The van der Waals surface area contributed by atoms with E-state index in [1.54, 1.807) is 0 Å². The van der Waals surface area contributed by atoms with Crippen LogP contribution in [0.25, 0.3) is 0 Å². The Morgan fingerprint density at radius 3 is 2.10 bits per heavy atom. The minimum atomic E-state index is 0.519. The van der Waals surface area contributed by atoms with Gasteiger partial charge in [0.1, 0.15) is 0 Å². The molecule has 0 bridgehead atoms. The molecule has 0 aromatic carbocycles. The fraction of sp³-hybridized carbons (Fsp3) is 1.00. The maximum Gasteiger partial charge on any atom is 0.0480 e. The second kappa shape index (κ2) is 5.35. The first-order valence-corrected chi connectivity index (χ1v) is 5.47. The third-order valence-electron chi connectivity index (χ3n) is 2.35. The molecule has 0 amide bonds. The Morgan fingerprint density at radius 2 is 1.80 bits per heavy atom. The lowest BCUT2D eigenvalue weighted by Crippen LogP contribution is -2.29. The predicted molar refractivity (Wildman–Crippen MR) is 55.6 cm³/mol. The lowest BCUT2D eigenvalue weighted by molar-refractivity contribution is 0.289. The molecule has 0 unspecified atom stereocenters. The molecule has 0 heterocycles. The highest BCUT2D eigenvalue weighted by Gasteiger charge is 2.17. The lowest BCUT2D eigenvalue weighted by Gasteiger charge is -2.26. The molecule has 1 N–H and O–H groups in total. The Hall–Kier alpha value is 0.690. The molecule has 2 heteroatoms. The maximum absolute atomic E-state index is 3.38. The molecule has 0 spiro atoms. The molecular formula is C8H18IN. The minimum Gasteiger partial charge on any atom is -0.307 e. The van der Waals surface area contributed by atoms with Gasteiger partial charge >= 0.3 is 0 Å². The van der Waals surface area contributed by atoms with Crippen molar-refractivity contribution < 1.29 is 0 Å². The van der Waals surface area contributed by atoms with Crippen LogP contribution >= 0.6 is 22.6 Å². The number of halogens is 1. The summed E-state index contributed by atoms with van der Waals surface area (Å²) in [7, 11) is 0. The van der Waals surface area contributed by atoms with Crippen LogP contribution in [0.15, 0.2) is 0 Å². The van der Waals surface area contributed by atoms with Crippen LogP contribution in [-0.2, 0) is 0 Å². The van der Waals surface area contributed by atoms with E-state index in [1.165, 1.54) is 12.8 Å². The van der Waals surface area contributed by atoms with E-state index >= 15 is 0 Å². The molecule has 0 atom stereocenters. The highest BCUT2D eigenvalue weighted by atomic mass is 127. The molecule has 0 radical (unpaired) electrons. The lowest BCUT2D eigenvalue weighted by atomic mass is 9.85. The first-order chi connectivity index (χ1) is 4.68. The van der Waals surface area contributed by atoms with E-state index in [0.29, 0.717) is 5.41 Å². The standard InChI is InChI=1S/C8H18IN/c1-4-8(3,5-2)6-10-7-9/h10H,4-7H2,1-3H3. The predicted octanol–water partition coefficient (Wildman–Crippen LogP) is 2.79. The summed E-state index contributed by atoms with van der Waals surface area (Å²) in [6, 6.07) is 0. The molecule has 0 fully saturated rings. The van der Waals surface area contributed by atoms with Crippen molar-refractivity contribution in [2.24, 2.45) is 5.41 Å². The van der Waals surface area contributed by atoms with Gasteiger partial charge in [-0.15, -0.1) is 0 Å². The van der Waals surface area contributed by atoms with Gasteiger partial charge in [0.15, 0.2) is 0 Å². The number of nitrogens with one attached hydrogen (secondary N) is 1. The van der Waals surface area contributed by atoms with Crippen molar-refractivity contribution in [3.05, 3.63) is 0 Å². The highest BCUT2D eigenvalue weighted by molar-refractivity contribution is 14.1. The summed E-state index contributed by atoms with van der Waals surface area (Å²) in [6.45, 7) is 8.02. The summed E-state index contributed by atoms with van der Waals surface area (Å²) in [5.41, 5.74) is 0.519. The maximum atomic E-state index is 3.38. The Balaban J connectivity index is 3.58. The number of rotatable bonds is 5. The van der Waals surface area contributed by atoms with Gasteiger partial charge in [-0.05, 0) is 18.3 Å². The van der Waals surface area contributed by atoms with Crippen molar-refractivity contribution in [2.75, 3.05) is 11.1 Å². The zero-order chi connectivity index (χ0) is 8.04. The van der Waals surface area contributed by atoms with Gasteiger partial charge in [-0.25, -0.2) is 0 Å². The number of hydrogen-bond acceptors (Lipinski definition) is 1. The third-order valence-corrected chi connectivity index (χ3v) is 2.89. The fourth-order valence-corrected chi connectivity index (χ4v) is 1.12. The van der Waals surface area contributed by atoms with Crippen LogP contribution in [0, 0.1) is 5.41 Å². The van der Waals surface area contributed by atoms with Crippen molar-refractivity contribution in [1.82, 2.24) is 5.32 Å². The van der Waals surface area contributed by atoms with Gasteiger partial charge in [0.05, 0.1) is 0 Å². The average Bonchev–Trinajstić information content (AvgIpc) is 2.00. The first-order valence-electron chi connectivity index (χ1n) is 3.95. The van der Waals surface area contributed by atoms with Gasteiger partial charge < -0.3 is 5.32 Å². The quantitative estimate of drug-likeness (QED) is 0.452. The van der Waals surface area contributed by atoms with Gasteiger partial charge in [-0.2, -0.15) is 0 Å². The van der Waals surface area contributed by atoms with E-state index < -0.39 is 0 Å². The van der Waals surface area contributed by atoms with Crippen LogP contribution in [0.1, 0.15) is 33.6 Å². The van der Waals surface area contributed by atoms with Gasteiger partial charge in [0, 0.05) is 11.1 Å². The van der Waals surface area contributed by atoms with Gasteiger partial charge in [0.2, 0.25) is 0 Å². The van der Waals surface area contributed by atoms with Crippen molar-refractivity contribution in [1.29, 1.82) is 0 Å². The summed E-state index contributed by atoms with van der Waals surface area (Å²) >= 11 is 2.35. The summed E-state index contributed by atoms with van der Waals surface area (Å²) in [5.74, 6) is 0. The SMILES string of the molecule is CCC(C)(CC)CNCI. The van der Waals surface area contributed by atoms with E-state index in [1.807, 2.05) is 0 Å². The smallest absolute Gasteiger partial charge is 0.0480 e. The molecule has 10 heavy (non-hydrogen) atoms. The highest BCUT2D eigenvalue weighted by Crippen LogP contribution is 2.23. The Labute approximate surface area is 78.1 Å². The Kier molecular flexibility index (Phi) is 5.72. The largest absolute Gasteiger partial charge is 0.307 e. The molecule has 0 rings (SSSR count). The Bertz CT molecular complexity index is 79.3. The summed E-state index contributed by atoms with van der Waals surface area (Å²) < 4.78 is 1.06. The molecule has 0 aromatic heterocycles. The molecule has 0 aromatic rings. The van der Waals surface area contributed by atoms with Gasteiger partial charge in [-0.1, -0.05) is 43.4 Å². The second-order valence-electron chi connectivity index (χ2n) is 3.08. The van der Waals surface area contributed by atoms with Crippen molar-refractivity contribution in [3.8, 4) is 0 Å². The molecule has 0 aliphatic heterocycles. The molecule has 0 aliphatic rings. The monoisotopic (exact) mass is 255 g/mol. The molecule has 0 aliphatic carbocycles. The van der Waals surface area contributed by atoms with E-state index in [2.05, 4.69) is 48.7 Å². The van der Waals surface area contributed by atoms with Crippen LogP contribution in [0.4, 0.5) is 0 Å². The molecule has 1 nitrogen and oxygen atoms in total. The average molecular weight is 255 g/mol. The molecular weight excluding hydrogens is 237 g/mol. The second-order valence-corrected chi connectivity index (χ2v) is 3.84. The van der Waals surface area contributed by atoms with E-state index in [9.17, 15) is 0 Å². The van der Waals surface area contributed by atoms with Crippen molar-refractivity contribution >= 4 is 22.6 Å². The fourth-order valence-electron chi connectivity index (χ4n) is 0.849. The molecule has 0 saturated heterocycles. The normalized spacial score (nSPS) is 12.0. The number of hydrogen-bond donors (Lipinski definition) is 1. The van der Waals surface area contributed by atoms with Crippen LogP contribution in [0.3, 0.4) is 0 Å². The number of alkyl halides is 1. The summed E-state index contributed by atoms with van der Waals surface area (Å²) in [5, 5.41) is 3.38. The van der Waals surface area contributed by atoms with Gasteiger partial charge in [0.25, 0.3) is 0 Å². The molecule has 62 valence electrons. The van der Waals surface area contributed by atoms with E-state index in [0.717, 1.165) is 11.1 Å². The van der Waals surface area contributed by atoms with Crippen LogP contribution in [-0.4, -0.2) is 11.1 Å². The van der Waals surface area contributed by atoms with Crippen molar-refractivity contribution in [3.63, 3.8) is 0 Å². The molecule has 0 saturated carbocycles. The van der Waals surface area contributed by atoms with Crippen LogP contribution in [0.2, 0.25) is 0 Å². The summed E-state index contributed by atoms with van der Waals surface area (Å²) in [4.78, 5) is 0. The van der Waals surface area contributed by atoms with E-state index in [-0.39, 0.29) is 0 Å². The Morgan fingerprint density at radius 1 is 1.30 bits per heavy atom. The zero-order valence-corrected chi connectivity index (χ0v) is 9.36. The third kappa shape index (κ3) is 3.76. The van der Waals surface area contributed by atoms with E-state index in [4.69, 9.17) is 0 Å².